The Kier molecular flexibility index (Phi) is 4.20. The van der Waals surface area contributed by atoms with Gasteiger partial charge in [-0.2, -0.15) is 0 Å². The van der Waals surface area contributed by atoms with E-state index in [1.54, 1.807) is 5.57 Å². The van der Waals surface area contributed by atoms with E-state index >= 15 is 0 Å². The number of aliphatic hydroxyl groups excluding tert-OH is 2. The van der Waals surface area contributed by atoms with E-state index < -0.39 is 6.10 Å². The van der Waals surface area contributed by atoms with E-state index in [9.17, 15) is 15.0 Å². The first-order valence-corrected chi connectivity index (χ1v) is 10.3. The second-order valence-electron chi connectivity index (χ2n) is 9.93. The zero-order valence-electron chi connectivity index (χ0n) is 16.1. The molecule has 0 aromatic rings. The van der Waals surface area contributed by atoms with Crippen LogP contribution in [0.25, 0.3) is 0 Å². The Morgan fingerprint density at radius 3 is 2.48 bits per heavy atom. The molecule has 0 radical (unpaired) electrons. The average Bonchev–Trinajstić information content (AvgIpc) is 2.89. The number of carbonyl (C=O) groups is 1. The Bertz CT molecular complexity index is 608. The van der Waals surface area contributed by atoms with Gasteiger partial charge >= 0.3 is 0 Å². The van der Waals surface area contributed by atoms with Crippen molar-refractivity contribution in [1.82, 2.24) is 0 Å². The second-order valence-corrected chi connectivity index (χ2v) is 9.93. The van der Waals surface area contributed by atoms with Crippen LogP contribution in [0.2, 0.25) is 0 Å². The van der Waals surface area contributed by atoms with Gasteiger partial charge < -0.3 is 10.2 Å². The van der Waals surface area contributed by atoms with E-state index in [0.717, 1.165) is 44.9 Å². The standard InChI is InChI=1S/C22H34O3/c1-13-10-15-16-4-5-20(25)22(16,3)9-7-17(15)21(2)8-6-14(11-18(13)21)19(24)12-23/h14-17,19,23-24H,4-12H2,1-3H3/t14?,15-,16-,17+,19?,21+,22-/m0/s1. The van der Waals surface area contributed by atoms with Gasteiger partial charge in [-0.25, -0.2) is 0 Å². The number of allylic oxidation sites excluding steroid dienone is 2. The lowest BCUT2D eigenvalue weighted by Gasteiger charge is -2.58. The van der Waals surface area contributed by atoms with Gasteiger partial charge in [0.1, 0.15) is 5.78 Å². The third-order valence-corrected chi connectivity index (χ3v) is 8.94. The second kappa shape index (κ2) is 5.92. The molecule has 0 heterocycles. The van der Waals surface area contributed by atoms with Crippen molar-refractivity contribution < 1.29 is 15.0 Å². The molecule has 7 atom stereocenters. The summed E-state index contributed by atoms with van der Waals surface area (Å²) >= 11 is 0. The zero-order chi connectivity index (χ0) is 18.0. The van der Waals surface area contributed by atoms with Crippen molar-refractivity contribution in [2.24, 2.45) is 34.5 Å². The van der Waals surface area contributed by atoms with Crippen molar-refractivity contribution in [3.8, 4) is 0 Å². The monoisotopic (exact) mass is 346 g/mol. The molecule has 2 N–H and O–H groups in total. The molecule has 4 aliphatic carbocycles. The number of carbonyl (C=O) groups excluding carboxylic acids is 1. The molecule has 4 rings (SSSR count). The number of hydrogen-bond donors (Lipinski definition) is 2. The summed E-state index contributed by atoms with van der Waals surface area (Å²) in [7, 11) is 0. The molecule has 140 valence electrons. The molecule has 0 saturated heterocycles. The zero-order valence-corrected chi connectivity index (χ0v) is 16.1. The lowest BCUT2D eigenvalue weighted by Crippen LogP contribution is -2.51. The summed E-state index contributed by atoms with van der Waals surface area (Å²) in [6.07, 6.45) is 7.80. The highest BCUT2D eigenvalue weighted by atomic mass is 16.3. The minimum absolute atomic E-state index is 0.0560. The van der Waals surface area contributed by atoms with E-state index in [1.165, 1.54) is 12.0 Å². The van der Waals surface area contributed by atoms with Crippen molar-refractivity contribution in [2.75, 3.05) is 6.61 Å². The molecule has 0 spiro atoms. The van der Waals surface area contributed by atoms with Gasteiger partial charge in [-0.05, 0) is 81.0 Å². The topological polar surface area (TPSA) is 57.5 Å². The lowest BCUT2D eigenvalue weighted by atomic mass is 9.46. The predicted octanol–water partition coefficient (Wildman–Crippen LogP) is 3.88. The maximum Gasteiger partial charge on any atom is 0.139 e. The van der Waals surface area contributed by atoms with Gasteiger partial charge in [-0.1, -0.05) is 25.0 Å². The smallest absolute Gasteiger partial charge is 0.139 e. The highest BCUT2D eigenvalue weighted by Crippen LogP contribution is 2.65. The fraction of sp³-hybridized carbons (Fsp3) is 0.864. The van der Waals surface area contributed by atoms with Gasteiger partial charge in [-0.3, -0.25) is 4.79 Å². The van der Waals surface area contributed by atoms with Gasteiger partial charge in [0, 0.05) is 11.8 Å². The number of Topliss-reactive ketones (excluding diaryl/α,β-unsaturated/α-hetero) is 1. The first-order valence-electron chi connectivity index (χ1n) is 10.3. The summed E-state index contributed by atoms with van der Waals surface area (Å²) in [5, 5.41) is 19.5. The first-order chi connectivity index (χ1) is 11.8. The predicted molar refractivity (Wildman–Crippen MR) is 97.9 cm³/mol. The Labute approximate surface area is 151 Å². The van der Waals surface area contributed by atoms with Crippen molar-refractivity contribution in [2.45, 2.75) is 78.2 Å². The molecule has 0 amide bonds. The van der Waals surface area contributed by atoms with Crippen LogP contribution in [-0.4, -0.2) is 28.7 Å². The normalized spacial score (nSPS) is 48.0. The van der Waals surface area contributed by atoms with Gasteiger partial charge in [0.05, 0.1) is 12.7 Å². The van der Waals surface area contributed by atoms with Crippen molar-refractivity contribution in [3.05, 3.63) is 11.1 Å². The Balaban J connectivity index is 1.67. The minimum atomic E-state index is -0.579. The maximum absolute atomic E-state index is 12.5. The van der Waals surface area contributed by atoms with Crippen LogP contribution in [0.15, 0.2) is 11.1 Å². The maximum atomic E-state index is 12.5. The molecule has 0 aliphatic heterocycles. The Morgan fingerprint density at radius 2 is 1.76 bits per heavy atom. The molecule has 3 heteroatoms. The van der Waals surface area contributed by atoms with E-state index in [2.05, 4.69) is 20.8 Å². The molecular formula is C22H34O3. The summed E-state index contributed by atoms with van der Waals surface area (Å²) < 4.78 is 0. The molecule has 0 aromatic carbocycles. The Hall–Kier alpha value is -0.670. The number of ketones is 1. The van der Waals surface area contributed by atoms with Crippen molar-refractivity contribution >= 4 is 5.78 Å². The molecular weight excluding hydrogens is 312 g/mol. The van der Waals surface area contributed by atoms with Crippen molar-refractivity contribution in [1.29, 1.82) is 0 Å². The molecule has 3 nitrogen and oxygen atoms in total. The molecule has 4 aliphatic rings. The molecule has 3 saturated carbocycles. The van der Waals surface area contributed by atoms with E-state index in [4.69, 9.17) is 0 Å². The first kappa shape index (κ1) is 17.7. The lowest BCUT2D eigenvalue weighted by molar-refractivity contribution is -0.132. The van der Waals surface area contributed by atoms with Crippen LogP contribution in [0.3, 0.4) is 0 Å². The van der Waals surface area contributed by atoms with Gasteiger partial charge in [0.25, 0.3) is 0 Å². The molecule has 0 aromatic heterocycles. The highest BCUT2D eigenvalue weighted by molar-refractivity contribution is 5.87. The average molecular weight is 347 g/mol. The van der Waals surface area contributed by atoms with Crippen LogP contribution in [-0.2, 0) is 4.79 Å². The SMILES string of the molecule is CC1=C2CC(C(O)CO)CC[C@]2(C)[C@@H]2CC[C@]3(C)C(=O)CC[C@H]3[C@@H]2C1. The third-order valence-electron chi connectivity index (χ3n) is 8.94. The fourth-order valence-electron chi connectivity index (χ4n) is 7.39. The van der Waals surface area contributed by atoms with E-state index in [-0.39, 0.29) is 23.4 Å². The highest BCUT2D eigenvalue weighted by Gasteiger charge is 2.59. The fourth-order valence-corrected chi connectivity index (χ4v) is 7.39. The van der Waals surface area contributed by atoms with E-state index in [0.29, 0.717) is 23.5 Å². The largest absolute Gasteiger partial charge is 0.394 e. The van der Waals surface area contributed by atoms with Gasteiger partial charge in [0.2, 0.25) is 0 Å². The van der Waals surface area contributed by atoms with Crippen LogP contribution in [0.1, 0.15) is 72.1 Å². The number of fused-ring (bicyclic) bond motifs is 5. The quantitative estimate of drug-likeness (QED) is 0.746. The van der Waals surface area contributed by atoms with Crippen LogP contribution in [0, 0.1) is 34.5 Å². The number of hydrogen-bond acceptors (Lipinski definition) is 3. The Morgan fingerprint density at radius 1 is 1.08 bits per heavy atom. The summed E-state index contributed by atoms with van der Waals surface area (Å²) in [6, 6.07) is 0. The summed E-state index contributed by atoms with van der Waals surface area (Å²) in [5.41, 5.74) is 3.28. The van der Waals surface area contributed by atoms with Crippen LogP contribution in [0.5, 0.6) is 0 Å². The molecule has 0 bridgehead atoms. The van der Waals surface area contributed by atoms with Crippen LogP contribution >= 0.6 is 0 Å². The van der Waals surface area contributed by atoms with Crippen LogP contribution < -0.4 is 0 Å². The minimum Gasteiger partial charge on any atom is -0.394 e. The summed E-state index contributed by atoms with van der Waals surface area (Å²) in [6.45, 7) is 6.88. The molecule has 3 fully saturated rings. The molecule has 25 heavy (non-hydrogen) atoms. The van der Waals surface area contributed by atoms with Crippen LogP contribution in [0.4, 0.5) is 0 Å². The molecule has 2 unspecified atom stereocenters. The summed E-state index contributed by atoms with van der Waals surface area (Å²) in [4.78, 5) is 12.5. The van der Waals surface area contributed by atoms with Gasteiger partial charge in [0.15, 0.2) is 0 Å². The summed E-state index contributed by atoms with van der Waals surface area (Å²) in [5.74, 6) is 2.67. The number of rotatable bonds is 2. The van der Waals surface area contributed by atoms with E-state index in [1.807, 2.05) is 0 Å². The van der Waals surface area contributed by atoms with Gasteiger partial charge in [-0.15, -0.1) is 0 Å². The van der Waals surface area contributed by atoms with Crippen molar-refractivity contribution in [3.63, 3.8) is 0 Å². The third kappa shape index (κ3) is 2.41. The number of aliphatic hydroxyl groups is 2.